The monoisotopic (exact) mass is 358 g/mol. The van der Waals surface area contributed by atoms with Crippen LogP contribution in [0.5, 0.6) is 0 Å². The number of carbonyl (C=O) groups is 1. The fourth-order valence-electron chi connectivity index (χ4n) is 3.95. The molecule has 1 N–H and O–H groups in total. The van der Waals surface area contributed by atoms with E-state index in [4.69, 9.17) is 0 Å². The van der Waals surface area contributed by atoms with Gasteiger partial charge in [0.2, 0.25) is 5.91 Å². The maximum absolute atomic E-state index is 12.4. The topological polar surface area (TPSA) is 38.8 Å². The number of hydrogen-bond acceptors (Lipinski definition) is 4. The van der Waals surface area contributed by atoms with Crippen molar-refractivity contribution in [2.24, 2.45) is 0 Å². The van der Waals surface area contributed by atoms with Crippen LogP contribution in [0, 0.1) is 0 Å². The predicted octanol–water partition coefficient (Wildman–Crippen LogP) is 3.03. The first kappa shape index (κ1) is 19.2. The number of anilines is 2. The summed E-state index contributed by atoms with van der Waals surface area (Å²) in [5.41, 5.74) is 2.15. The Morgan fingerprint density at radius 1 is 0.846 bits per heavy atom. The van der Waals surface area contributed by atoms with Gasteiger partial charge < -0.3 is 15.1 Å². The third-order valence-electron chi connectivity index (χ3n) is 5.65. The molecule has 0 aromatic heterocycles. The van der Waals surface area contributed by atoms with E-state index in [9.17, 15) is 4.79 Å². The number of rotatable bonds is 5. The average Bonchev–Trinajstić information content (AvgIpc) is 2.64. The van der Waals surface area contributed by atoms with Gasteiger partial charge in [-0.2, -0.15) is 0 Å². The molecule has 1 amide bonds. The van der Waals surface area contributed by atoms with Crippen molar-refractivity contribution in [3.8, 4) is 0 Å². The number of carbonyl (C=O) groups excluding carboxylic acids is 1. The van der Waals surface area contributed by atoms with Gasteiger partial charge in [-0.1, -0.05) is 26.2 Å². The number of likely N-dealkylation sites (tertiary alicyclic amines) is 1. The van der Waals surface area contributed by atoms with Gasteiger partial charge >= 0.3 is 0 Å². The number of hydrogen-bond donors (Lipinski definition) is 1. The minimum absolute atomic E-state index is 0.106. The molecule has 2 aliphatic heterocycles. The van der Waals surface area contributed by atoms with E-state index in [1.165, 1.54) is 37.8 Å². The maximum atomic E-state index is 12.4. The second-order valence-corrected chi connectivity index (χ2v) is 7.56. The Kier molecular flexibility index (Phi) is 7.32. The molecule has 1 aromatic rings. The van der Waals surface area contributed by atoms with Gasteiger partial charge in [-0.25, -0.2) is 0 Å². The highest BCUT2D eigenvalue weighted by molar-refractivity contribution is 5.92. The number of nitrogens with one attached hydrogen (secondary N) is 1. The highest BCUT2D eigenvalue weighted by Crippen LogP contribution is 2.19. The van der Waals surface area contributed by atoms with Crippen LogP contribution in [0.2, 0.25) is 0 Å². The normalized spacial score (nSPS) is 20.4. The van der Waals surface area contributed by atoms with Gasteiger partial charge in [-0.3, -0.25) is 9.69 Å². The van der Waals surface area contributed by atoms with E-state index in [1.54, 1.807) is 0 Å². The van der Waals surface area contributed by atoms with Crippen LogP contribution >= 0.6 is 0 Å². The maximum Gasteiger partial charge on any atom is 0.238 e. The first-order chi connectivity index (χ1) is 12.7. The summed E-state index contributed by atoms with van der Waals surface area (Å²) in [6.07, 6.45) is 6.37. The number of nitrogens with zero attached hydrogens (tertiary/aromatic N) is 3. The van der Waals surface area contributed by atoms with Crippen LogP contribution in [0.3, 0.4) is 0 Å². The summed E-state index contributed by atoms with van der Waals surface area (Å²) in [6.45, 7) is 10.4. The third kappa shape index (κ3) is 5.71. The smallest absolute Gasteiger partial charge is 0.238 e. The Morgan fingerprint density at radius 3 is 2.08 bits per heavy atom. The molecule has 0 bridgehead atoms. The summed E-state index contributed by atoms with van der Waals surface area (Å²) in [4.78, 5) is 19.6. The van der Waals surface area contributed by atoms with Crippen molar-refractivity contribution in [1.82, 2.24) is 9.80 Å². The molecule has 0 aliphatic carbocycles. The van der Waals surface area contributed by atoms with Crippen LogP contribution in [-0.2, 0) is 4.79 Å². The Labute approximate surface area is 158 Å². The van der Waals surface area contributed by atoms with Crippen LogP contribution in [0.15, 0.2) is 24.3 Å². The highest BCUT2D eigenvalue weighted by Gasteiger charge is 2.16. The number of amides is 1. The zero-order valence-electron chi connectivity index (χ0n) is 16.3. The molecule has 1 aromatic carbocycles. The molecule has 0 atom stereocenters. The molecule has 0 unspecified atom stereocenters. The van der Waals surface area contributed by atoms with E-state index < -0.39 is 0 Å². The summed E-state index contributed by atoms with van der Waals surface area (Å²) in [5, 5.41) is 3.06. The summed E-state index contributed by atoms with van der Waals surface area (Å²) in [7, 11) is 0. The summed E-state index contributed by atoms with van der Waals surface area (Å²) in [6, 6.07) is 8.33. The Morgan fingerprint density at radius 2 is 1.46 bits per heavy atom. The molecule has 5 heteroatoms. The molecular weight excluding hydrogens is 324 g/mol. The SMILES string of the molecule is CCN1CCN(c2ccc(NC(=O)CN3CCCCCCC3)cc2)CC1. The molecule has 2 heterocycles. The van der Waals surface area contributed by atoms with E-state index in [2.05, 4.69) is 39.1 Å². The van der Waals surface area contributed by atoms with E-state index in [0.29, 0.717) is 6.54 Å². The number of likely N-dealkylation sites (N-methyl/N-ethyl adjacent to an activating group) is 1. The lowest BCUT2D eigenvalue weighted by Gasteiger charge is -2.35. The molecular formula is C21H34N4O. The minimum Gasteiger partial charge on any atom is -0.369 e. The standard InChI is InChI=1S/C21H34N4O/c1-2-23-14-16-25(17-15-23)20-10-8-19(9-11-20)22-21(26)18-24-12-6-4-3-5-7-13-24/h8-11H,2-7,12-18H2,1H3,(H,22,26). The molecule has 144 valence electrons. The van der Waals surface area contributed by atoms with Crippen molar-refractivity contribution in [3.63, 3.8) is 0 Å². The van der Waals surface area contributed by atoms with Crippen molar-refractivity contribution in [1.29, 1.82) is 0 Å². The van der Waals surface area contributed by atoms with Gasteiger partial charge in [0, 0.05) is 37.6 Å². The van der Waals surface area contributed by atoms with Crippen LogP contribution in [0.4, 0.5) is 11.4 Å². The van der Waals surface area contributed by atoms with Crippen LogP contribution in [-0.4, -0.2) is 68.1 Å². The lowest BCUT2D eigenvalue weighted by molar-refractivity contribution is -0.117. The van der Waals surface area contributed by atoms with Crippen molar-refractivity contribution >= 4 is 17.3 Å². The van der Waals surface area contributed by atoms with Crippen LogP contribution < -0.4 is 10.2 Å². The molecule has 3 rings (SSSR count). The van der Waals surface area contributed by atoms with Crippen LogP contribution in [0.25, 0.3) is 0 Å². The Bertz CT molecular complexity index is 544. The molecule has 2 aliphatic rings. The van der Waals surface area contributed by atoms with Crippen molar-refractivity contribution in [2.45, 2.75) is 39.0 Å². The zero-order chi connectivity index (χ0) is 18.2. The number of piperazine rings is 1. The molecule has 5 nitrogen and oxygen atoms in total. The van der Waals surface area contributed by atoms with Crippen molar-refractivity contribution < 1.29 is 4.79 Å². The Hall–Kier alpha value is -1.59. The summed E-state index contributed by atoms with van der Waals surface area (Å²) in [5.74, 6) is 0.106. The van der Waals surface area contributed by atoms with E-state index >= 15 is 0 Å². The zero-order valence-corrected chi connectivity index (χ0v) is 16.3. The van der Waals surface area contributed by atoms with E-state index in [1.807, 2.05) is 12.1 Å². The summed E-state index contributed by atoms with van der Waals surface area (Å²) >= 11 is 0. The largest absolute Gasteiger partial charge is 0.369 e. The fourth-order valence-corrected chi connectivity index (χ4v) is 3.95. The van der Waals surface area contributed by atoms with Crippen molar-refractivity contribution in [3.05, 3.63) is 24.3 Å². The molecule has 0 saturated carbocycles. The van der Waals surface area contributed by atoms with Gasteiger partial charge in [-0.15, -0.1) is 0 Å². The average molecular weight is 359 g/mol. The first-order valence-electron chi connectivity index (χ1n) is 10.3. The molecule has 2 saturated heterocycles. The van der Waals surface area contributed by atoms with Gasteiger partial charge in [0.25, 0.3) is 0 Å². The second kappa shape index (κ2) is 9.93. The Balaban J connectivity index is 1.46. The van der Waals surface area contributed by atoms with Gasteiger partial charge in [0.15, 0.2) is 0 Å². The van der Waals surface area contributed by atoms with Crippen LogP contribution in [0.1, 0.15) is 39.0 Å². The molecule has 0 radical (unpaired) electrons. The molecule has 0 spiro atoms. The lowest BCUT2D eigenvalue weighted by Crippen LogP contribution is -2.46. The predicted molar refractivity (Wildman–Crippen MR) is 109 cm³/mol. The van der Waals surface area contributed by atoms with E-state index in [-0.39, 0.29) is 5.91 Å². The van der Waals surface area contributed by atoms with E-state index in [0.717, 1.165) is 51.5 Å². The highest BCUT2D eigenvalue weighted by atomic mass is 16.2. The third-order valence-corrected chi connectivity index (χ3v) is 5.65. The fraction of sp³-hybridized carbons (Fsp3) is 0.667. The molecule has 2 fully saturated rings. The second-order valence-electron chi connectivity index (χ2n) is 7.56. The first-order valence-corrected chi connectivity index (χ1v) is 10.3. The lowest BCUT2D eigenvalue weighted by atomic mass is 10.1. The quantitative estimate of drug-likeness (QED) is 0.878. The molecule has 26 heavy (non-hydrogen) atoms. The van der Waals surface area contributed by atoms with Gasteiger partial charge in [0.05, 0.1) is 6.54 Å². The number of benzene rings is 1. The summed E-state index contributed by atoms with van der Waals surface area (Å²) < 4.78 is 0. The van der Waals surface area contributed by atoms with Crippen molar-refractivity contribution in [2.75, 3.05) is 62.6 Å². The van der Waals surface area contributed by atoms with Gasteiger partial charge in [-0.05, 0) is 56.7 Å². The minimum atomic E-state index is 0.106. The van der Waals surface area contributed by atoms with Gasteiger partial charge in [0.1, 0.15) is 0 Å².